The number of hydrogen-bond donors (Lipinski definition) is 4. The number of thiol groups is 2. The van der Waals surface area contributed by atoms with Crippen molar-refractivity contribution in [3.63, 3.8) is 0 Å². The lowest BCUT2D eigenvalue weighted by Crippen LogP contribution is -2.21. The van der Waals surface area contributed by atoms with Crippen molar-refractivity contribution < 1.29 is 24.7 Å². The van der Waals surface area contributed by atoms with E-state index in [1.165, 1.54) is 0 Å². The van der Waals surface area contributed by atoms with Gasteiger partial charge < -0.3 is 5.48 Å². The van der Waals surface area contributed by atoms with Gasteiger partial charge in [0.15, 0.2) is 0 Å². The molecule has 2 aliphatic rings. The lowest BCUT2D eigenvalue weighted by molar-refractivity contribution is -0.125. The minimum atomic E-state index is -0.418. The van der Waals surface area contributed by atoms with Crippen molar-refractivity contribution in [2.45, 2.75) is 0 Å². The molecule has 0 atom stereocenters. The van der Waals surface area contributed by atoms with E-state index in [-0.39, 0.29) is 27.1 Å². The summed E-state index contributed by atoms with van der Waals surface area (Å²) in [5, 5.41) is 4.04. The molecule has 0 aromatic rings. The number of nitrogens with one attached hydrogen (secondary N) is 2. The van der Waals surface area contributed by atoms with Crippen LogP contribution in [0.4, 0.5) is 0 Å². The van der Waals surface area contributed by atoms with Crippen molar-refractivity contribution in [2.75, 3.05) is 0 Å². The molecule has 2 heterocycles. The standard InChI is InChI=1S/2C4H3NO2S.H2O/c2*6-3-1-2(8)4(7)5-3;/h2*1H,(H2,5,6,7,8);1H2. The van der Waals surface area contributed by atoms with E-state index in [0.717, 1.165) is 12.2 Å². The molecule has 0 saturated heterocycles. The Labute approximate surface area is 106 Å². The second-order valence-corrected chi connectivity index (χ2v) is 3.66. The highest BCUT2D eigenvalue weighted by atomic mass is 32.1. The first-order chi connectivity index (χ1) is 7.40. The van der Waals surface area contributed by atoms with Gasteiger partial charge in [-0.05, 0) is 0 Å². The average Bonchev–Trinajstić information content (AvgIpc) is 2.58. The third-order valence-electron chi connectivity index (χ3n) is 1.47. The van der Waals surface area contributed by atoms with E-state index in [0.29, 0.717) is 0 Å². The summed E-state index contributed by atoms with van der Waals surface area (Å²) in [6.07, 6.45) is 2.29. The zero-order chi connectivity index (χ0) is 12.3. The zero-order valence-electron chi connectivity index (χ0n) is 8.18. The molecule has 2 rings (SSSR count). The van der Waals surface area contributed by atoms with E-state index >= 15 is 0 Å². The van der Waals surface area contributed by atoms with Gasteiger partial charge in [-0.15, -0.1) is 25.3 Å². The van der Waals surface area contributed by atoms with E-state index in [2.05, 4.69) is 25.3 Å². The second-order valence-electron chi connectivity index (χ2n) is 2.70. The summed E-state index contributed by atoms with van der Waals surface area (Å²) in [7, 11) is 0. The van der Waals surface area contributed by atoms with E-state index in [4.69, 9.17) is 0 Å². The van der Waals surface area contributed by atoms with Crippen molar-refractivity contribution in [3.05, 3.63) is 22.0 Å². The smallest absolute Gasteiger partial charge is 0.264 e. The predicted molar refractivity (Wildman–Crippen MR) is 64.1 cm³/mol. The number of carbonyl (C=O) groups is 4. The van der Waals surface area contributed by atoms with Gasteiger partial charge in [0, 0.05) is 12.2 Å². The maximum atomic E-state index is 10.3. The van der Waals surface area contributed by atoms with Gasteiger partial charge in [0.1, 0.15) is 0 Å². The summed E-state index contributed by atoms with van der Waals surface area (Å²) in [6.45, 7) is 0. The minimum absolute atomic E-state index is 0. The lowest BCUT2D eigenvalue weighted by Gasteiger charge is -1.83. The fraction of sp³-hybridized carbons (Fsp3) is 0. The van der Waals surface area contributed by atoms with E-state index in [1.54, 1.807) is 0 Å². The SMILES string of the molecule is O.O=C1C=C(S)C(=O)N1.O=C1C=C(S)C(=O)N1. The first-order valence-corrected chi connectivity index (χ1v) is 4.81. The molecule has 92 valence electrons. The van der Waals surface area contributed by atoms with Gasteiger partial charge in [0.2, 0.25) is 0 Å². The molecule has 0 saturated carbocycles. The number of hydrogen-bond acceptors (Lipinski definition) is 6. The van der Waals surface area contributed by atoms with E-state index < -0.39 is 11.8 Å². The quantitative estimate of drug-likeness (QED) is 0.304. The Morgan fingerprint density at radius 2 is 1.06 bits per heavy atom. The molecule has 2 aliphatic heterocycles. The van der Waals surface area contributed by atoms with Crippen LogP contribution in [0.3, 0.4) is 0 Å². The summed E-state index contributed by atoms with van der Waals surface area (Å²) in [6, 6.07) is 0. The predicted octanol–water partition coefficient (Wildman–Crippen LogP) is -1.91. The summed E-state index contributed by atoms with van der Waals surface area (Å²) in [5.41, 5.74) is 0. The maximum Gasteiger partial charge on any atom is 0.264 e. The molecular weight excluding hydrogens is 268 g/mol. The molecule has 4 N–H and O–H groups in total. The van der Waals surface area contributed by atoms with Crippen LogP contribution < -0.4 is 10.6 Å². The molecule has 0 spiro atoms. The number of amides is 4. The van der Waals surface area contributed by atoms with Crippen LogP contribution >= 0.6 is 25.3 Å². The van der Waals surface area contributed by atoms with Gasteiger partial charge in [0.25, 0.3) is 23.6 Å². The first kappa shape index (κ1) is 15.4. The van der Waals surface area contributed by atoms with Crippen LogP contribution in [-0.4, -0.2) is 29.1 Å². The van der Waals surface area contributed by atoms with Crippen LogP contribution in [0, 0.1) is 0 Å². The molecule has 4 amide bonds. The molecule has 0 bridgehead atoms. The molecule has 0 radical (unpaired) electrons. The summed E-state index contributed by atoms with van der Waals surface area (Å²) < 4.78 is 0. The van der Waals surface area contributed by atoms with Crippen molar-refractivity contribution >= 4 is 48.9 Å². The second kappa shape index (κ2) is 6.23. The molecular formula is C8H8N2O5S2. The van der Waals surface area contributed by atoms with Crippen molar-refractivity contribution in [1.29, 1.82) is 0 Å². The first-order valence-electron chi connectivity index (χ1n) is 3.92. The van der Waals surface area contributed by atoms with Gasteiger partial charge in [-0.3, -0.25) is 29.8 Å². The normalized spacial score (nSPS) is 17.3. The maximum absolute atomic E-state index is 10.3. The van der Waals surface area contributed by atoms with Crippen molar-refractivity contribution in [2.24, 2.45) is 0 Å². The summed E-state index contributed by atoms with van der Waals surface area (Å²) in [5.74, 6) is -1.61. The highest BCUT2D eigenvalue weighted by Gasteiger charge is 2.16. The van der Waals surface area contributed by atoms with Crippen LogP contribution in [-0.2, 0) is 19.2 Å². The Hall–Kier alpha value is -1.58. The topological polar surface area (TPSA) is 124 Å². The molecule has 0 aliphatic carbocycles. The fourth-order valence-corrected chi connectivity index (χ4v) is 1.15. The van der Waals surface area contributed by atoms with Crippen LogP contribution in [0.15, 0.2) is 22.0 Å². The van der Waals surface area contributed by atoms with Gasteiger partial charge in [-0.2, -0.15) is 0 Å². The summed E-state index contributed by atoms with van der Waals surface area (Å²) >= 11 is 7.35. The van der Waals surface area contributed by atoms with Gasteiger partial charge in [-0.1, -0.05) is 0 Å². The minimum Gasteiger partial charge on any atom is -0.412 e. The number of rotatable bonds is 0. The van der Waals surface area contributed by atoms with Crippen LogP contribution in [0.2, 0.25) is 0 Å². The number of imide groups is 2. The molecule has 9 heteroatoms. The lowest BCUT2D eigenvalue weighted by atomic mass is 10.6. The van der Waals surface area contributed by atoms with Crippen LogP contribution in [0.1, 0.15) is 0 Å². The highest BCUT2D eigenvalue weighted by molar-refractivity contribution is 7.86. The zero-order valence-corrected chi connectivity index (χ0v) is 9.97. The molecule has 0 aromatic carbocycles. The molecule has 0 unspecified atom stereocenters. The summed E-state index contributed by atoms with van der Waals surface area (Å²) in [4.78, 5) is 41.4. The molecule has 0 fully saturated rings. The van der Waals surface area contributed by atoms with Crippen molar-refractivity contribution in [3.8, 4) is 0 Å². The largest absolute Gasteiger partial charge is 0.412 e. The van der Waals surface area contributed by atoms with E-state index in [1.807, 2.05) is 10.6 Å². The Kier molecular flexibility index (Phi) is 5.65. The molecule has 17 heavy (non-hydrogen) atoms. The monoisotopic (exact) mass is 276 g/mol. The van der Waals surface area contributed by atoms with Gasteiger partial charge in [0.05, 0.1) is 9.81 Å². The van der Waals surface area contributed by atoms with E-state index in [9.17, 15) is 19.2 Å². The third-order valence-corrected chi connectivity index (χ3v) is 2.14. The van der Waals surface area contributed by atoms with Crippen LogP contribution in [0.5, 0.6) is 0 Å². The average molecular weight is 276 g/mol. The molecule has 0 aromatic heterocycles. The fourth-order valence-electron chi connectivity index (χ4n) is 0.803. The Morgan fingerprint density at radius 1 is 0.765 bits per heavy atom. The number of carbonyl (C=O) groups excluding carboxylic acids is 4. The van der Waals surface area contributed by atoms with Gasteiger partial charge in [-0.25, -0.2) is 0 Å². The van der Waals surface area contributed by atoms with Crippen LogP contribution in [0.25, 0.3) is 0 Å². The Bertz CT molecular complexity index is 413. The Morgan fingerprint density at radius 3 is 1.12 bits per heavy atom. The highest BCUT2D eigenvalue weighted by Crippen LogP contribution is 2.04. The third kappa shape index (κ3) is 4.43. The van der Waals surface area contributed by atoms with Gasteiger partial charge >= 0.3 is 0 Å². The molecule has 7 nitrogen and oxygen atoms in total. The van der Waals surface area contributed by atoms with Crippen molar-refractivity contribution in [1.82, 2.24) is 10.6 Å². The Balaban J connectivity index is 0.000000284.